The molecule has 0 amide bonds. The molecule has 0 saturated carbocycles. The number of benzene rings is 6. The predicted octanol–water partition coefficient (Wildman–Crippen LogP) is 15.0. The molecule has 2 radical (unpaired) electrons. The van der Waals surface area contributed by atoms with Gasteiger partial charge in [0.15, 0.2) is 0 Å². The maximum atomic E-state index is 7.23. The molecule has 77 heavy (non-hydrogen) atoms. The molecular formula is C69H70Ir2N4Si2-4. The van der Waals surface area contributed by atoms with Crippen molar-refractivity contribution in [3.63, 3.8) is 0 Å². The fraction of sp³-hybridized carbons (Fsp3) is 0.188. The number of aromatic nitrogens is 4. The largest absolute Gasteiger partial charge is 0.305 e. The Morgan fingerprint density at radius 2 is 0.831 bits per heavy atom. The van der Waals surface area contributed by atoms with Gasteiger partial charge in [0.1, 0.15) is 0 Å². The Hall–Kier alpha value is -6.35. The summed E-state index contributed by atoms with van der Waals surface area (Å²) in [7, 11) is -3.33. The normalized spacial score (nSPS) is 11.6. The van der Waals surface area contributed by atoms with E-state index >= 15 is 0 Å². The standard InChI is InChI=1S/C25H30NSi.C20H20NSi.2C12H10N.2Ir/c1-18(2)23-16-25(26-17-24(23)19(3)4)20-12-14-22(15-13-20)27(5,6)21-10-8-7-9-11-21;1-16-13-14-21-20(15-16)17-9-11-19(12-10-17)22(2,3)18-7-5-4-6-8-18;2*1-10-7-8-12(13-9-10)11-5-3-2-4-6-11;;/h7-12,14-19H,1-6H3;4-9,11-15H,1-3H3;2*2-5,7-9H,1H3;;/q4*-1;;/i;;1D3;;;. The molecule has 4 aromatic heterocycles. The van der Waals surface area contributed by atoms with Crippen LogP contribution >= 0.6 is 0 Å². The van der Waals surface area contributed by atoms with E-state index in [1.54, 1.807) is 18.2 Å². The minimum Gasteiger partial charge on any atom is -0.305 e. The quantitative estimate of drug-likeness (QED) is 0.101. The number of nitrogens with zero attached hydrogens (tertiary/aromatic N) is 4. The Morgan fingerprint density at radius 3 is 1.22 bits per heavy atom. The second kappa shape index (κ2) is 29.4. The van der Waals surface area contributed by atoms with Crippen molar-refractivity contribution in [1.29, 1.82) is 0 Å². The minimum absolute atomic E-state index is 0. The third kappa shape index (κ3) is 17.1. The summed E-state index contributed by atoms with van der Waals surface area (Å²) >= 11 is 0. The fourth-order valence-electron chi connectivity index (χ4n) is 8.57. The number of aryl methyl sites for hydroxylation is 3. The van der Waals surface area contributed by atoms with Gasteiger partial charge in [-0.2, -0.15) is 0 Å². The third-order valence-corrected chi connectivity index (χ3v) is 20.4. The van der Waals surface area contributed by atoms with Crippen LogP contribution in [0.3, 0.4) is 0 Å². The van der Waals surface area contributed by atoms with E-state index in [1.807, 2.05) is 73.9 Å². The zero-order valence-corrected chi connectivity index (χ0v) is 52.6. The molecule has 0 saturated heterocycles. The van der Waals surface area contributed by atoms with Crippen LogP contribution in [0.25, 0.3) is 45.0 Å². The SMILES string of the molecule is CC(C)c1cnc(-c2[c-]cc([Si](C)(C)c3ccccc3)cc2)cc1C(C)C.Cc1ccc(-c2[c-]cccc2)nc1.Cc1ccnc(-c2[c-]cc([Si](C)(C)c3ccccc3)cc2)c1.[2H]C([2H])([2H])c1ccc(-c2[c-]cccc2)nc1.[Ir].[Ir]. The summed E-state index contributed by atoms with van der Waals surface area (Å²) < 4.78 is 21.7. The second-order valence-corrected chi connectivity index (χ2v) is 29.2. The molecule has 0 N–H and O–H groups in total. The molecule has 0 aliphatic carbocycles. The molecule has 6 aromatic carbocycles. The summed E-state index contributed by atoms with van der Waals surface area (Å²) in [6, 6.07) is 77.0. The number of hydrogen-bond acceptors (Lipinski definition) is 4. The van der Waals surface area contributed by atoms with Gasteiger partial charge in [-0.15, -0.1) is 142 Å². The number of hydrogen-bond donors (Lipinski definition) is 0. The first kappa shape index (κ1) is 56.8. The monoisotopic (exact) mass is 1400 g/mol. The van der Waals surface area contributed by atoms with E-state index in [9.17, 15) is 0 Å². The van der Waals surface area contributed by atoms with Crippen molar-refractivity contribution in [1.82, 2.24) is 19.9 Å². The molecule has 0 aliphatic heterocycles. The Bertz CT molecular complexity index is 3420. The van der Waals surface area contributed by atoms with Crippen LogP contribution in [0.2, 0.25) is 26.2 Å². The third-order valence-electron chi connectivity index (χ3n) is 13.4. The van der Waals surface area contributed by atoms with Crippen molar-refractivity contribution in [2.45, 2.75) is 86.4 Å². The zero-order chi connectivity index (χ0) is 55.9. The first-order chi connectivity index (χ1) is 37.3. The summed E-state index contributed by atoms with van der Waals surface area (Å²) in [6.07, 6.45) is 7.17. The van der Waals surface area contributed by atoms with Crippen LogP contribution < -0.4 is 20.7 Å². The maximum Gasteiger partial charge on any atom is 0.0662 e. The van der Waals surface area contributed by atoms with Gasteiger partial charge in [-0.3, -0.25) is 0 Å². The summed E-state index contributed by atoms with van der Waals surface area (Å²) in [5.41, 5.74) is 13.2. The smallest absolute Gasteiger partial charge is 0.0662 e. The molecule has 10 aromatic rings. The van der Waals surface area contributed by atoms with Crippen LogP contribution in [0.4, 0.5) is 0 Å². The first-order valence-electron chi connectivity index (χ1n) is 27.2. The second-order valence-electron chi connectivity index (χ2n) is 20.4. The van der Waals surface area contributed by atoms with Crippen LogP contribution in [0.5, 0.6) is 0 Å². The van der Waals surface area contributed by atoms with Crippen LogP contribution in [-0.4, -0.2) is 36.1 Å². The van der Waals surface area contributed by atoms with E-state index in [1.165, 1.54) is 49.2 Å². The molecule has 0 atom stereocenters. The molecule has 0 spiro atoms. The Balaban J connectivity index is 0.000000201. The van der Waals surface area contributed by atoms with Crippen LogP contribution in [0, 0.1) is 45.0 Å². The van der Waals surface area contributed by atoms with Crippen molar-refractivity contribution >= 4 is 36.9 Å². The minimum atomic E-state index is -2.09. The van der Waals surface area contributed by atoms with Crippen molar-refractivity contribution < 1.29 is 44.3 Å². The van der Waals surface area contributed by atoms with E-state index in [4.69, 9.17) is 9.10 Å². The van der Waals surface area contributed by atoms with Gasteiger partial charge >= 0.3 is 0 Å². The summed E-state index contributed by atoms with van der Waals surface area (Å²) in [5.74, 6) is 0.987. The topological polar surface area (TPSA) is 51.6 Å². The van der Waals surface area contributed by atoms with Gasteiger partial charge in [-0.1, -0.05) is 167 Å². The molecule has 4 nitrogen and oxygen atoms in total. The fourth-order valence-corrected chi connectivity index (χ4v) is 13.2. The maximum absolute atomic E-state index is 7.23. The van der Waals surface area contributed by atoms with Gasteiger partial charge in [-0.05, 0) is 83.6 Å². The van der Waals surface area contributed by atoms with Crippen LogP contribution in [-0.2, 0) is 40.2 Å². The van der Waals surface area contributed by atoms with Gasteiger partial charge in [0.05, 0.1) is 16.1 Å². The summed E-state index contributed by atoms with van der Waals surface area (Å²) in [5, 5.41) is 5.70. The Kier molecular flexibility index (Phi) is 21.7. The van der Waals surface area contributed by atoms with E-state index in [2.05, 4.69) is 221 Å². The summed E-state index contributed by atoms with van der Waals surface area (Å²) in [4.78, 5) is 17.6. The first-order valence-corrected chi connectivity index (χ1v) is 31.7. The number of pyridine rings is 4. The van der Waals surface area contributed by atoms with Crippen molar-refractivity contribution in [3.05, 3.63) is 265 Å². The van der Waals surface area contributed by atoms with Gasteiger partial charge in [0, 0.05) is 69.1 Å². The van der Waals surface area contributed by atoms with E-state index in [0.29, 0.717) is 11.8 Å². The van der Waals surface area contributed by atoms with Crippen LogP contribution in [0.15, 0.2) is 213 Å². The molecule has 0 unspecified atom stereocenters. The van der Waals surface area contributed by atoms with Crippen molar-refractivity contribution in [2.75, 3.05) is 0 Å². The van der Waals surface area contributed by atoms with Crippen LogP contribution in [0.1, 0.15) is 71.5 Å². The Morgan fingerprint density at radius 1 is 0.390 bits per heavy atom. The van der Waals surface area contributed by atoms with Gasteiger partial charge < -0.3 is 19.9 Å². The molecule has 0 aliphatic rings. The molecule has 8 heteroatoms. The zero-order valence-electron chi connectivity index (χ0n) is 48.8. The molecule has 10 rings (SSSR count). The van der Waals surface area contributed by atoms with E-state index in [-0.39, 0.29) is 45.8 Å². The molecule has 4 heterocycles. The molecule has 396 valence electrons. The Labute approximate surface area is 494 Å². The van der Waals surface area contributed by atoms with Gasteiger partial charge in [0.25, 0.3) is 0 Å². The summed E-state index contributed by atoms with van der Waals surface area (Å²) in [6.45, 7) is 20.6. The average Bonchev–Trinajstić information content (AvgIpc) is 3.46. The molecule has 0 fully saturated rings. The van der Waals surface area contributed by atoms with Gasteiger partial charge in [0.2, 0.25) is 0 Å². The van der Waals surface area contributed by atoms with E-state index in [0.717, 1.165) is 45.0 Å². The van der Waals surface area contributed by atoms with Crippen molar-refractivity contribution in [3.8, 4) is 45.0 Å². The molecular weight excluding hydrogens is 1330 g/mol. The number of rotatable bonds is 10. The molecule has 0 bridgehead atoms. The predicted molar refractivity (Wildman–Crippen MR) is 323 cm³/mol. The van der Waals surface area contributed by atoms with Crippen molar-refractivity contribution in [2.24, 2.45) is 0 Å². The van der Waals surface area contributed by atoms with E-state index < -0.39 is 23.0 Å². The van der Waals surface area contributed by atoms with Gasteiger partial charge in [-0.25, -0.2) is 0 Å². The average molecular weight is 1400 g/mol.